The van der Waals surface area contributed by atoms with Crippen molar-refractivity contribution in [3.8, 4) is 17.0 Å². The number of hydrogen-bond donors (Lipinski definition) is 3. The number of ether oxygens (including phenoxy) is 1. The predicted octanol–water partition coefficient (Wildman–Crippen LogP) is 3.17. The first-order valence-corrected chi connectivity index (χ1v) is 10.8. The number of nitrogens with one attached hydrogen (secondary N) is 3. The summed E-state index contributed by atoms with van der Waals surface area (Å²) < 4.78 is 6.83. The van der Waals surface area contributed by atoms with Gasteiger partial charge in [0, 0.05) is 31.9 Å². The second-order valence-corrected chi connectivity index (χ2v) is 7.60. The van der Waals surface area contributed by atoms with Crippen molar-refractivity contribution in [1.82, 2.24) is 30.3 Å². The number of pyridine rings is 1. The second kappa shape index (κ2) is 10.4. The molecule has 0 atom stereocenters. The van der Waals surface area contributed by atoms with Gasteiger partial charge < -0.3 is 20.7 Å². The van der Waals surface area contributed by atoms with E-state index in [0.717, 1.165) is 16.9 Å². The van der Waals surface area contributed by atoms with Gasteiger partial charge in [0.2, 0.25) is 0 Å². The van der Waals surface area contributed by atoms with Crippen molar-refractivity contribution >= 4 is 23.4 Å². The molecule has 0 aliphatic heterocycles. The van der Waals surface area contributed by atoms with Crippen LogP contribution in [0.15, 0.2) is 60.8 Å². The van der Waals surface area contributed by atoms with E-state index < -0.39 is 0 Å². The maximum atomic E-state index is 12.6. The topological polar surface area (TPSA) is 119 Å². The SMILES string of the molecule is COc1cccc(-c2cc(C(=O)NCCNc3ccc(Nc4cc(C)ccn4)nn3)n(C)n2)c1. The van der Waals surface area contributed by atoms with Crippen LogP contribution < -0.4 is 20.7 Å². The molecule has 10 nitrogen and oxygen atoms in total. The van der Waals surface area contributed by atoms with Crippen molar-refractivity contribution in [2.24, 2.45) is 7.05 Å². The number of anilines is 3. The second-order valence-electron chi connectivity index (χ2n) is 7.60. The van der Waals surface area contributed by atoms with Crippen LogP contribution in [0.3, 0.4) is 0 Å². The number of aryl methyl sites for hydroxylation is 2. The summed E-state index contributed by atoms with van der Waals surface area (Å²) >= 11 is 0. The molecule has 1 aromatic carbocycles. The third kappa shape index (κ3) is 5.66. The van der Waals surface area contributed by atoms with Gasteiger partial charge >= 0.3 is 0 Å². The van der Waals surface area contributed by atoms with Gasteiger partial charge in [-0.2, -0.15) is 5.10 Å². The molecule has 0 bridgehead atoms. The summed E-state index contributed by atoms with van der Waals surface area (Å²) in [6, 6.07) is 16.8. The first-order valence-electron chi connectivity index (χ1n) is 10.8. The van der Waals surface area contributed by atoms with E-state index in [2.05, 4.69) is 36.2 Å². The van der Waals surface area contributed by atoms with Crippen LogP contribution in [-0.2, 0) is 7.05 Å². The highest BCUT2D eigenvalue weighted by atomic mass is 16.5. The summed E-state index contributed by atoms with van der Waals surface area (Å²) in [7, 11) is 3.36. The zero-order valence-corrected chi connectivity index (χ0v) is 19.2. The van der Waals surface area contributed by atoms with Crippen molar-refractivity contribution in [3.05, 3.63) is 72.1 Å². The molecule has 0 aliphatic carbocycles. The number of aromatic nitrogens is 5. The van der Waals surface area contributed by atoms with E-state index in [0.29, 0.717) is 41.9 Å². The number of methoxy groups -OCH3 is 1. The number of nitrogens with zero attached hydrogens (tertiary/aromatic N) is 5. The number of carbonyl (C=O) groups excluding carboxylic acids is 1. The minimum atomic E-state index is -0.206. The summed E-state index contributed by atoms with van der Waals surface area (Å²) in [5, 5.41) is 21.9. The molecule has 10 heteroatoms. The first kappa shape index (κ1) is 22.7. The predicted molar refractivity (Wildman–Crippen MR) is 130 cm³/mol. The molecular weight excluding hydrogens is 432 g/mol. The summed E-state index contributed by atoms with van der Waals surface area (Å²) in [6.07, 6.45) is 1.74. The van der Waals surface area contributed by atoms with Crippen LogP contribution >= 0.6 is 0 Å². The summed E-state index contributed by atoms with van der Waals surface area (Å²) in [5.41, 5.74) is 3.16. The Morgan fingerprint density at radius 2 is 1.82 bits per heavy atom. The Kier molecular flexibility index (Phi) is 6.97. The van der Waals surface area contributed by atoms with Crippen LogP contribution in [0, 0.1) is 6.92 Å². The van der Waals surface area contributed by atoms with E-state index in [1.54, 1.807) is 31.1 Å². The monoisotopic (exact) mass is 458 g/mol. The molecule has 174 valence electrons. The lowest BCUT2D eigenvalue weighted by molar-refractivity contribution is 0.0946. The van der Waals surface area contributed by atoms with Crippen LogP contribution in [0.5, 0.6) is 5.75 Å². The summed E-state index contributed by atoms with van der Waals surface area (Å²) in [5.74, 6) is 2.45. The Hall–Kier alpha value is -4.47. The molecule has 3 N–H and O–H groups in total. The van der Waals surface area contributed by atoms with E-state index in [4.69, 9.17) is 4.74 Å². The highest BCUT2D eigenvalue weighted by molar-refractivity contribution is 5.93. The van der Waals surface area contributed by atoms with Gasteiger partial charge in [-0.1, -0.05) is 12.1 Å². The lowest BCUT2D eigenvalue weighted by Gasteiger charge is -2.08. The van der Waals surface area contributed by atoms with Crippen LogP contribution in [0.4, 0.5) is 17.5 Å². The smallest absolute Gasteiger partial charge is 0.269 e. The summed E-state index contributed by atoms with van der Waals surface area (Å²) in [4.78, 5) is 16.9. The molecule has 0 fully saturated rings. The van der Waals surface area contributed by atoms with Crippen LogP contribution in [0.25, 0.3) is 11.3 Å². The van der Waals surface area contributed by atoms with Crippen LogP contribution in [-0.4, -0.2) is 51.1 Å². The third-order valence-electron chi connectivity index (χ3n) is 5.03. The molecule has 3 aromatic heterocycles. The summed E-state index contributed by atoms with van der Waals surface area (Å²) in [6.45, 7) is 2.90. The average Bonchev–Trinajstić information content (AvgIpc) is 3.24. The van der Waals surface area contributed by atoms with Crippen LogP contribution in [0.1, 0.15) is 16.1 Å². The minimum absolute atomic E-state index is 0.206. The maximum absolute atomic E-state index is 12.6. The number of carbonyl (C=O) groups is 1. The largest absolute Gasteiger partial charge is 0.497 e. The standard InChI is InChI=1S/C24H26N8O2/c1-16-9-10-25-23(13-16)28-22-8-7-21(29-30-22)26-11-12-27-24(33)20-15-19(31-32(20)2)17-5-4-6-18(14-17)34-3/h4-10,13-15H,11-12H2,1-3H3,(H,26,29)(H,27,33)(H,25,28,30). The maximum Gasteiger partial charge on any atom is 0.269 e. The zero-order chi connectivity index (χ0) is 23.9. The fraction of sp³-hybridized carbons (Fsp3) is 0.208. The van der Waals surface area contributed by atoms with Gasteiger partial charge in [-0.15, -0.1) is 10.2 Å². The molecule has 0 spiro atoms. The molecule has 0 saturated heterocycles. The van der Waals surface area contributed by atoms with Crippen molar-refractivity contribution < 1.29 is 9.53 Å². The van der Waals surface area contributed by atoms with Gasteiger partial charge in [0.1, 0.15) is 23.1 Å². The fourth-order valence-corrected chi connectivity index (χ4v) is 3.29. The molecule has 1 amide bonds. The highest BCUT2D eigenvalue weighted by Crippen LogP contribution is 2.23. The average molecular weight is 459 g/mol. The number of hydrogen-bond acceptors (Lipinski definition) is 8. The Balaban J connectivity index is 1.27. The van der Waals surface area contributed by atoms with Crippen molar-refractivity contribution in [2.75, 3.05) is 30.8 Å². The molecule has 3 heterocycles. The van der Waals surface area contributed by atoms with E-state index in [-0.39, 0.29) is 5.91 Å². The first-order chi connectivity index (χ1) is 16.5. The molecule has 0 aliphatic rings. The van der Waals surface area contributed by atoms with Crippen molar-refractivity contribution in [1.29, 1.82) is 0 Å². The fourth-order valence-electron chi connectivity index (χ4n) is 3.29. The third-order valence-corrected chi connectivity index (χ3v) is 5.03. The molecule has 4 aromatic rings. The van der Waals surface area contributed by atoms with Crippen molar-refractivity contribution in [3.63, 3.8) is 0 Å². The minimum Gasteiger partial charge on any atom is -0.497 e. The molecule has 0 unspecified atom stereocenters. The zero-order valence-electron chi connectivity index (χ0n) is 19.2. The lowest BCUT2D eigenvalue weighted by Crippen LogP contribution is -2.30. The van der Waals surface area contributed by atoms with E-state index in [9.17, 15) is 4.79 Å². The molecule has 4 rings (SSSR count). The number of benzene rings is 1. The Labute approximate surface area is 197 Å². The van der Waals surface area contributed by atoms with Gasteiger partial charge in [-0.25, -0.2) is 4.98 Å². The van der Waals surface area contributed by atoms with Crippen LogP contribution in [0.2, 0.25) is 0 Å². The molecule has 0 radical (unpaired) electrons. The van der Waals surface area contributed by atoms with E-state index in [1.165, 1.54) is 0 Å². The molecular formula is C24H26N8O2. The van der Waals surface area contributed by atoms with E-state index in [1.807, 2.05) is 55.5 Å². The normalized spacial score (nSPS) is 10.6. The van der Waals surface area contributed by atoms with Gasteiger partial charge in [0.05, 0.1) is 12.8 Å². The Morgan fingerprint density at radius 1 is 1.00 bits per heavy atom. The van der Waals surface area contributed by atoms with Crippen molar-refractivity contribution in [2.45, 2.75) is 6.92 Å². The van der Waals surface area contributed by atoms with Gasteiger partial charge in [-0.05, 0) is 55.0 Å². The quantitative estimate of drug-likeness (QED) is 0.327. The van der Waals surface area contributed by atoms with E-state index >= 15 is 0 Å². The Morgan fingerprint density at radius 3 is 2.59 bits per heavy atom. The molecule has 34 heavy (non-hydrogen) atoms. The molecule has 0 saturated carbocycles. The van der Waals surface area contributed by atoms with Gasteiger partial charge in [0.15, 0.2) is 5.82 Å². The Bertz CT molecular complexity index is 1270. The number of amides is 1. The lowest BCUT2D eigenvalue weighted by atomic mass is 10.1. The van der Waals surface area contributed by atoms with Gasteiger partial charge in [0.25, 0.3) is 5.91 Å². The van der Waals surface area contributed by atoms with Gasteiger partial charge in [-0.3, -0.25) is 9.48 Å². The number of rotatable bonds is 9. The highest BCUT2D eigenvalue weighted by Gasteiger charge is 2.14.